The fourth-order valence-corrected chi connectivity index (χ4v) is 4.06. The van der Waals surface area contributed by atoms with Crippen molar-refractivity contribution >= 4 is 11.9 Å². The largest absolute Gasteiger partial charge is 0.507 e. The summed E-state index contributed by atoms with van der Waals surface area (Å²) in [4.78, 5) is 4.50. The van der Waals surface area contributed by atoms with Crippen molar-refractivity contribution in [3.8, 4) is 11.5 Å². The highest BCUT2D eigenvalue weighted by molar-refractivity contribution is 5.86. The van der Waals surface area contributed by atoms with Crippen molar-refractivity contribution in [3.63, 3.8) is 0 Å². The number of aromatic hydroxyl groups is 1. The van der Waals surface area contributed by atoms with E-state index >= 15 is 0 Å². The molecule has 0 bridgehead atoms. The number of nitrogens with zero attached hydrogens (tertiary/aromatic N) is 1. The first-order valence-electron chi connectivity index (χ1n) is 9.10. The van der Waals surface area contributed by atoms with Crippen molar-refractivity contribution in [3.05, 3.63) is 53.6 Å². The maximum absolute atomic E-state index is 10.8. The third-order valence-electron chi connectivity index (χ3n) is 5.43. The Morgan fingerprint density at radius 2 is 1.72 bits per heavy atom. The van der Waals surface area contributed by atoms with Crippen LogP contribution in [0.2, 0.25) is 0 Å². The zero-order valence-electron chi connectivity index (χ0n) is 15.3. The predicted octanol–water partition coefficient (Wildman–Crippen LogP) is 5.69. The van der Waals surface area contributed by atoms with Crippen molar-refractivity contribution < 1.29 is 9.84 Å². The Morgan fingerprint density at radius 3 is 2.36 bits per heavy atom. The third kappa shape index (κ3) is 3.87. The molecule has 1 aliphatic rings. The fraction of sp³-hybridized carbons (Fsp3) is 0.409. The van der Waals surface area contributed by atoms with Crippen molar-refractivity contribution in [1.29, 1.82) is 0 Å². The molecule has 2 aromatic carbocycles. The molecule has 0 radical (unpaired) electrons. The molecule has 0 amide bonds. The summed E-state index contributed by atoms with van der Waals surface area (Å²) in [5.74, 6) is 2.81. The molecule has 0 aromatic heterocycles. The highest BCUT2D eigenvalue weighted by Gasteiger charge is 2.31. The molecule has 0 aliphatic heterocycles. The van der Waals surface area contributed by atoms with Crippen molar-refractivity contribution in [1.82, 2.24) is 0 Å². The summed E-state index contributed by atoms with van der Waals surface area (Å²) in [6, 6.07) is 13.6. The van der Waals surface area contributed by atoms with Gasteiger partial charge in [0.25, 0.3) is 0 Å². The van der Waals surface area contributed by atoms with Gasteiger partial charge in [0.2, 0.25) is 0 Å². The number of rotatable bonds is 4. The SMILES string of the molecule is COc1ccc(N=Cc2cccc(C3C(C)CCCC3C)c2O)cc1. The Bertz CT molecular complexity index is 726. The van der Waals surface area contributed by atoms with E-state index in [4.69, 9.17) is 4.74 Å². The monoisotopic (exact) mass is 337 g/mol. The number of hydrogen-bond acceptors (Lipinski definition) is 3. The van der Waals surface area contributed by atoms with Crippen LogP contribution in [0.1, 0.15) is 50.2 Å². The predicted molar refractivity (Wildman–Crippen MR) is 103 cm³/mol. The van der Waals surface area contributed by atoms with Gasteiger partial charge in [-0.3, -0.25) is 4.99 Å². The minimum Gasteiger partial charge on any atom is -0.507 e. The molecule has 1 saturated carbocycles. The van der Waals surface area contributed by atoms with Crippen LogP contribution < -0.4 is 4.74 Å². The average molecular weight is 337 g/mol. The van der Waals surface area contributed by atoms with E-state index < -0.39 is 0 Å². The Kier molecular flexibility index (Phi) is 5.42. The number of para-hydroxylation sites is 1. The number of benzene rings is 2. The number of aliphatic imine (C=N–C) groups is 1. The summed E-state index contributed by atoms with van der Waals surface area (Å²) >= 11 is 0. The summed E-state index contributed by atoms with van der Waals surface area (Å²) in [5, 5.41) is 10.8. The first kappa shape index (κ1) is 17.5. The van der Waals surface area contributed by atoms with Gasteiger partial charge in [0.05, 0.1) is 12.8 Å². The molecule has 2 aromatic rings. The van der Waals surface area contributed by atoms with Gasteiger partial charge in [0.1, 0.15) is 11.5 Å². The second kappa shape index (κ2) is 7.73. The number of phenolic OH excluding ortho intramolecular Hbond substituents is 1. The van der Waals surface area contributed by atoms with Crippen LogP contribution in [0.5, 0.6) is 11.5 Å². The zero-order chi connectivity index (χ0) is 17.8. The van der Waals surface area contributed by atoms with E-state index in [1.807, 2.05) is 36.4 Å². The van der Waals surface area contributed by atoms with Gasteiger partial charge in [-0.15, -0.1) is 0 Å². The lowest BCUT2D eigenvalue weighted by Crippen LogP contribution is -2.23. The summed E-state index contributed by atoms with van der Waals surface area (Å²) in [5.41, 5.74) is 2.68. The van der Waals surface area contributed by atoms with Gasteiger partial charge in [0.15, 0.2) is 0 Å². The van der Waals surface area contributed by atoms with E-state index in [0.29, 0.717) is 23.5 Å². The first-order valence-corrected chi connectivity index (χ1v) is 9.10. The standard InChI is InChI=1S/C22H27NO2/c1-15-6-4-7-16(2)21(15)20-9-5-8-17(22(20)24)14-23-18-10-12-19(25-3)13-11-18/h5,8-16,21,24H,4,6-7H2,1-3H3. The minimum absolute atomic E-state index is 0.380. The van der Waals surface area contributed by atoms with E-state index in [9.17, 15) is 5.11 Å². The summed E-state index contributed by atoms with van der Waals surface area (Å²) < 4.78 is 5.16. The van der Waals surface area contributed by atoms with Crippen LogP contribution in [0.3, 0.4) is 0 Å². The molecule has 1 N–H and O–H groups in total. The molecule has 3 nitrogen and oxygen atoms in total. The van der Waals surface area contributed by atoms with Crippen LogP contribution in [0.15, 0.2) is 47.5 Å². The lowest BCUT2D eigenvalue weighted by molar-refractivity contribution is 0.244. The maximum atomic E-state index is 10.8. The van der Waals surface area contributed by atoms with Crippen molar-refractivity contribution in [2.45, 2.75) is 39.0 Å². The van der Waals surface area contributed by atoms with Gasteiger partial charge >= 0.3 is 0 Å². The molecule has 0 spiro atoms. The lowest BCUT2D eigenvalue weighted by atomic mass is 9.70. The van der Waals surface area contributed by atoms with E-state index in [2.05, 4.69) is 24.9 Å². The minimum atomic E-state index is 0.380. The molecule has 2 unspecified atom stereocenters. The Labute approximate surface area is 150 Å². The molecular weight excluding hydrogens is 310 g/mol. The van der Waals surface area contributed by atoms with E-state index in [1.54, 1.807) is 13.3 Å². The first-order chi connectivity index (χ1) is 12.1. The van der Waals surface area contributed by atoms with Crippen LogP contribution >= 0.6 is 0 Å². The smallest absolute Gasteiger partial charge is 0.127 e. The molecule has 2 atom stereocenters. The van der Waals surface area contributed by atoms with Crippen LogP contribution in [0.25, 0.3) is 0 Å². The van der Waals surface area contributed by atoms with Crippen LogP contribution in [0, 0.1) is 11.8 Å². The number of phenols is 1. The zero-order valence-corrected chi connectivity index (χ0v) is 15.3. The molecule has 0 saturated heterocycles. The molecule has 1 fully saturated rings. The molecule has 25 heavy (non-hydrogen) atoms. The van der Waals surface area contributed by atoms with E-state index in [-0.39, 0.29) is 0 Å². The van der Waals surface area contributed by atoms with E-state index in [1.165, 1.54) is 19.3 Å². The Balaban J connectivity index is 1.86. The molecule has 132 valence electrons. The highest BCUT2D eigenvalue weighted by atomic mass is 16.5. The second-order valence-corrected chi connectivity index (χ2v) is 7.15. The lowest BCUT2D eigenvalue weighted by Gasteiger charge is -2.35. The quantitative estimate of drug-likeness (QED) is 0.728. The molecule has 3 rings (SSSR count). The summed E-state index contributed by atoms with van der Waals surface area (Å²) in [6.07, 6.45) is 5.51. The van der Waals surface area contributed by atoms with Crippen molar-refractivity contribution in [2.75, 3.05) is 7.11 Å². The van der Waals surface area contributed by atoms with Gasteiger partial charge < -0.3 is 9.84 Å². The van der Waals surface area contributed by atoms with Gasteiger partial charge in [-0.05, 0) is 53.6 Å². The van der Waals surface area contributed by atoms with Crippen LogP contribution in [-0.4, -0.2) is 18.4 Å². The Hall–Kier alpha value is -2.29. The highest BCUT2D eigenvalue weighted by Crippen LogP contribution is 2.45. The maximum Gasteiger partial charge on any atom is 0.127 e. The third-order valence-corrected chi connectivity index (χ3v) is 5.43. The average Bonchev–Trinajstić information content (AvgIpc) is 2.62. The fourth-order valence-electron chi connectivity index (χ4n) is 4.06. The van der Waals surface area contributed by atoms with E-state index in [0.717, 1.165) is 22.6 Å². The number of methoxy groups -OCH3 is 1. The Morgan fingerprint density at radius 1 is 1.04 bits per heavy atom. The van der Waals surface area contributed by atoms with Crippen molar-refractivity contribution in [2.24, 2.45) is 16.8 Å². The molecule has 0 heterocycles. The van der Waals surface area contributed by atoms with Crippen LogP contribution in [0.4, 0.5) is 5.69 Å². The topological polar surface area (TPSA) is 41.8 Å². The van der Waals surface area contributed by atoms with Gasteiger partial charge in [-0.25, -0.2) is 0 Å². The van der Waals surface area contributed by atoms with Crippen LogP contribution in [-0.2, 0) is 0 Å². The summed E-state index contributed by atoms with van der Waals surface area (Å²) in [6.45, 7) is 4.61. The number of ether oxygens (including phenoxy) is 1. The van der Waals surface area contributed by atoms with Gasteiger partial charge in [0, 0.05) is 11.8 Å². The summed E-state index contributed by atoms with van der Waals surface area (Å²) in [7, 11) is 1.65. The number of hydrogen-bond donors (Lipinski definition) is 1. The second-order valence-electron chi connectivity index (χ2n) is 7.15. The molecular formula is C22H27NO2. The van der Waals surface area contributed by atoms with Gasteiger partial charge in [-0.1, -0.05) is 45.2 Å². The normalized spacial score (nSPS) is 23.7. The molecule has 3 heteroatoms. The van der Waals surface area contributed by atoms with Gasteiger partial charge in [-0.2, -0.15) is 0 Å². The molecule has 1 aliphatic carbocycles.